The monoisotopic (exact) mass is 416 g/mol. The van der Waals surface area contributed by atoms with Gasteiger partial charge in [0.1, 0.15) is 12.1 Å². The number of hydrogen-bond donors (Lipinski definition) is 2. The van der Waals surface area contributed by atoms with Crippen molar-refractivity contribution in [2.24, 2.45) is 0 Å². The fourth-order valence-corrected chi connectivity index (χ4v) is 4.96. The van der Waals surface area contributed by atoms with Crippen LogP contribution in [0.2, 0.25) is 0 Å². The van der Waals surface area contributed by atoms with Crippen molar-refractivity contribution in [1.29, 1.82) is 0 Å². The van der Waals surface area contributed by atoms with Crippen molar-refractivity contribution in [2.75, 3.05) is 7.11 Å². The van der Waals surface area contributed by atoms with Gasteiger partial charge < -0.3 is 24.9 Å². The molecule has 7 heteroatoms. The van der Waals surface area contributed by atoms with Gasteiger partial charge in [-0.3, -0.25) is 4.79 Å². The summed E-state index contributed by atoms with van der Waals surface area (Å²) in [5.41, 5.74) is 1.15. The molecule has 1 aliphatic heterocycles. The summed E-state index contributed by atoms with van der Waals surface area (Å²) < 4.78 is 10.2. The highest BCUT2D eigenvalue weighted by Gasteiger charge is 2.39. The average Bonchev–Trinajstić information content (AvgIpc) is 2.61. The first-order valence-electron chi connectivity index (χ1n) is 10.4. The molecule has 2 heterocycles. The van der Waals surface area contributed by atoms with Gasteiger partial charge in [-0.25, -0.2) is 4.79 Å². The number of nitrogens with one attached hydrogen (secondary N) is 1. The maximum absolute atomic E-state index is 12.6. The maximum atomic E-state index is 12.6. The third kappa shape index (κ3) is 4.68. The summed E-state index contributed by atoms with van der Waals surface area (Å²) in [6, 6.07) is 3.52. The fraction of sp³-hybridized carbons (Fsp3) is 0.565. The minimum Gasteiger partial charge on any atom is -0.872 e. The van der Waals surface area contributed by atoms with Gasteiger partial charge in [-0.1, -0.05) is 17.9 Å². The molecule has 3 N–H and O–H groups in total. The van der Waals surface area contributed by atoms with E-state index in [0.29, 0.717) is 34.7 Å². The molecule has 3 rings (SSSR count). The standard InChI is InChI=1S/C23H32N2O5/c1-13-15-7-8-18(26)17(20(15)30-21(28)16(13)9-19(27)29-6)12-24-14-10-22(2,3)25-23(4,5)11-14/h7-8,14,24-26H,9-12H2,1-6H3. The Labute approximate surface area is 176 Å². The Balaban J connectivity index is 1.93. The molecular weight excluding hydrogens is 384 g/mol. The first-order chi connectivity index (χ1) is 13.9. The highest BCUT2D eigenvalue weighted by atomic mass is 16.5. The molecule has 0 radical (unpaired) electrons. The minimum absolute atomic E-state index is 0.00784. The van der Waals surface area contributed by atoms with Crippen LogP contribution in [0.1, 0.15) is 57.2 Å². The van der Waals surface area contributed by atoms with Crippen LogP contribution in [0.4, 0.5) is 0 Å². The van der Waals surface area contributed by atoms with Crippen molar-refractivity contribution in [3.05, 3.63) is 39.2 Å². The van der Waals surface area contributed by atoms with E-state index in [4.69, 9.17) is 4.42 Å². The van der Waals surface area contributed by atoms with Gasteiger partial charge in [0, 0.05) is 34.9 Å². The van der Waals surface area contributed by atoms with Crippen molar-refractivity contribution >= 4 is 16.9 Å². The van der Waals surface area contributed by atoms with E-state index >= 15 is 0 Å². The Morgan fingerprint density at radius 1 is 1.23 bits per heavy atom. The maximum Gasteiger partial charge on any atom is 0.340 e. The molecule has 7 nitrogen and oxygen atoms in total. The summed E-state index contributed by atoms with van der Waals surface area (Å²) in [6.07, 6.45) is 1.80. The lowest BCUT2D eigenvalue weighted by molar-refractivity contribution is -0.709. The zero-order valence-corrected chi connectivity index (χ0v) is 18.7. The number of carbonyl (C=O) groups is 1. The van der Waals surface area contributed by atoms with E-state index in [2.05, 4.69) is 43.1 Å². The van der Waals surface area contributed by atoms with E-state index in [1.807, 2.05) is 0 Å². The molecule has 0 aliphatic carbocycles. The smallest absolute Gasteiger partial charge is 0.340 e. The largest absolute Gasteiger partial charge is 0.872 e. The second-order valence-corrected chi connectivity index (χ2v) is 9.67. The summed E-state index contributed by atoms with van der Waals surface area (Å²) in [5.74, 6) is -0.649. The zero-order chi connectivity index (χ0) is 22.3. The fourth-order valence-electron chi connectivity index (χ4n) is 4.96. The summed E-state index contributed by atoms with van der Waals surface area (Å²) >= 11 is 0. The molecule has 0 unspecified atom stereocenters. The summed E-state index contributed by atoms with van der Waals surface area (Å²) in [5, 5.41) is 19.1. The molecule has 0 bridgehead atoms. The Hall–Kier alpha value is -2.38. The zero-order valence-electron chi connectivity index (χ0n) is 18.7. The third-order valence-electron chi connectivity index (χ3n) is 5.94. The number of benzene rings is 1. The van der Waals surface area contributed by atoms with Crippen LogP contribution in [-0.4, -0.2) is 30.2 Å². The van der Waals surface area contributed by atoms with Gasteiger partial charge in [0.25, 0.3) is 0 Å². The van der Waals surface area contributed by atoms with Crippen LogP contribution < -0.4 is 21.4 Å². The molecule has 1 aromatic heterocycles. The van der Waals surface area contributed by atoms with Crippen LogP contribution >= 0.6 is 0 Å². The van der Waals surface area contributed by atoms with Gasteiger partial charge in [-0.15, -0.1) is 0 Å². The number of ether oxygens (including phenoxy) is 1. The molecule has 1 aromatic carbocycles. The van der Waals surface area contributed by atoms with Crippen LogP contribution in [-0.2, 0) is 22.5 Å². The van der Waals surface area contributed by atoms with Gasteiger partial charge in [-0.05, 0) is 40.2 Å². The highest BCUT2D eigenvalue weighted by Crippen LogP contribution is 2.29. The Bertz CT molecular complexity index is 1010. The normalized spacial score (nSPS) is 18.5. The average molecular weight is 417 g/mol. The Morgan fingerprint density at radius 3 is 2.47 bits per heavy atom. The minimum atomic E-state index is -0.596. The highest BCUT2D eigenvalue weighted by molar-refractivity contribution is 5.86. The number of fused-ring (bicyclic) bond motifs is 1. The molecule has 1 aliphatic rings. The Morgan fingerprint density at radius 2 is 1.87 bits per heavy atom. The number of methoxy groups -OCH3 is 1. The topological polar surface area (TPSA) is 108 Å². The molecule has 1 fully saturated rings. The first kappa shape index (κ1) is 22.3. The lowest BCUT2D eigenvalue weighted by Gasteiger charge is -2.45. The molecule has 0 atom stereocenters. The van der Waals surface area contributed by atoms with Gasteiger partial charge in [0.05, 0.1) is 25.1 Å². The van der Waals surface area contributed by atoms with E-state index in [9.17, 15) is 14.7 Å². The van der Waals surface area contributed by atoms with Crippen LogP contribution in [0.3, 0.4) is 0 Å². The number of quaternary nitrogens is 1. The number of rotatable bonds is 5. The predicted octanol–water partition coefficient (Wildman–Crippen LogP) is 1.26. The molecule has 2 aromatic rings. The summed E-state index contributed by atoms with van der Waals surface area (Å²) in [6.45, 7) is 11.0. The summed E-state index contributed by atoms with van der Waals surface area (Å²) in [7, 11) is 1.28. The van der Waals surface area contributed by atoms with Gasteiger partial charge in [0.2, 0.25) is 0 Å². The second-order valence-electron chi connectivity index (χ2n) is 9.67. The van der Waals surface area contributed by atoms with Crippen LogP contribution in [0, 0.1) is 6.92 Å². The van der Waals surface area contributed by atoms with Crippen molar-refractivity contribution in [3.8, 4) is 5.75 Å². The number of esters is 1. The van der Waals surface area contributed by atoms with Crippen molar-refractivity contribution in [2.45, 2.75) is 77.5 Å². The van der Waals surface area contributed by atoms with E-state index in [0.717, 1.165) is 12.8 Å². The Kier molecular flexibility index (Phi) is 5.98. The van der Waals surface area contributed by atoms with Gasteiger partial charge in [-0.2, -0.15) is 0 Å². The number of carbonyl (C=O) groups excluding carboxylic acids is 1. The second kappa shape index (κ2) is 8.04. The molecule has 0 amide bonds. The molecule has 0 saturated carbocycles. The first-order valence-corrected chi connectivity index (χ1v) is 10.4. The SMILES string of the molecule is COC(=O)Cc1c(C)c2ccc([O-])c(C[NH2+]C3CC(C)(C)NC(C)(C)C3)c2oc1=O. The lowest BCUT2D eigenvalue weighted by atomic mass is 9.79. The van der Waals surface area contributed by atoms with E-state index in [1.165, 1.54) is 13.2 Å². The molecule has 1 saturated heterocycles. The van der Waals surface area contributed by atoms with Crippen LogP contribution in [0.25, 0.3) is 11.0 Å². The van der Waals surface area contributed by atoms with Gasteiger partial charge in [0.15, 0.2) is 0 Å². The van der Waals surface area contributed by atoms with E-state index < -0.39 is 11.6 Å². The molecule has 164 valence electrons. The molecular formula is C23H32N2O5. The van der Waals surface area contributed by atoms with Crippen LogP contribution in [0.15, 0.2) is 21.3 Å². The van der Waals surface area contributed by atoms with Crippen molar-refractivity contribution in [1.82, 2.24) is 5.32 Å². The number of nitrogens with two attached hydrogens (primary N) is 1. The molecule has 0 spiro atoms. The number of hydrogen-bond acceptors (Lipinski definition) is 6. The lowest BCUT2D eigenvalue weighted by Crippen LogP contribution is -2.91. The van der Waals surface area contributed by atoms with Gasteiger partial charge >= 0.3 is 11.6 Å². The van der Waals surface area contributed by atoms with Crippen molar-refractivity contribution in [3.63, 3.8) is 0 Å². The van der Waals surface area contributed by atoms with E-state index in [1.54, 1.807) is 13.0 Å². The van der Waals surface area contributed by atoms with E-state index in [-0.39, 0.29) is 28.8 Å². The predicted molar refractivity (Wildman–Crippen MR) is 112 cm³/mol. The third-order valence-corrected chi connectivity index (χ3v) is 5.94. The van der Waals surface area contributed by atoms with Crippen LogP contribution in [0.5, 0.6) is 5.75 Å². The number of aryl methyl sites for hydroxylation is 1. The van der Waals surface area contributed by atoms with Crippen molar-refractivity contribution < 1.29 is 24.4 Å². The molecule has 30 heavy (non-hydrogen) atoms. The number of piperidine rings is 1. The quantitative estimate of drug-likeness (QED) is 0.561. The summed E-state index contributed by atoms with van der Waals surface area (Å²) in [4.78, 5) is 24.2.